The van der Waals surface area contributed by atoms with Crippen LogP contribution in [0.5, 0.6) is 0 Å². The number of rotatable bonds is 7. The Hall–Kier alpha value is -3.32. The van der Waals surface area contributed by atoms with Gasteiger partial charge in [-0.1, -0.05) is 48.5 Å². The number of hydrogen-bond acceptors (Lipinski definition) is 5. The first kappa shape index (κ1) is 21.4. The molecule has 2 aromatic carbocycles. The lowest BCUT2D eigenvalue weighted by molar-refractivity contribution is -0.312. The number of hydrogen-bond donors (Lipinski definition) is 2. The number of H-pyrrole nitrogens is 1. The summed E-state index contributed by atoms with van der Waals surface area (Å²) in [6.45, 7) is 5.42. The highest BCUT2D eigenvalue weighted by atomic mass is 16.6. The van der Waals surface area contributed by atoms with Crippen molar-refractivity contribution >= 4 is 23.0 Å². The average molecular weight is 408 g/mol. The Kier molecular flexibility index (Phi) is 6.42. The van der Waals surface area contributed by atoms with Crippen molar-refractivity contribution in [3.05, 3.63) is 71.9 Å². The second kappa shape index (κ2) is 9.00. The van der Waals surface area contributed by atoms with Crippen LogP contribution in [0.4, 0.5) is 4.79 Å². The molecular formula is C23H26N3O4-. The van der Waals surface area contributed by atoms with Gasteiger partial charge in [-0.15, -0.1) is 0 Å². The van der Waals surface area contributed by atoms with Crippen molar-refractivity contribution in [2.24, 2.45) is 0 Å². The number of amides is 1. The predicted octanol–water partition coefficient (Wildman–Crippen LogP) is 2.77. The zero-order valence-corrected chi connectivity index (χ0v) is 17.3. The lowest BCUT2D eigenvalue weighted by Gasteiger charge is -2.33. The Balaban J connectivity index is 1.88. The van der Waals surface area contributed by atoms with Gasteiger partial charge in [-0.3, -0.25) is 5.43 Å². The minimum absolute atomic E-state index is 0.148. The van der Waals surface area contributed by atoms with Gasteiger partial charge in [-0.05, 0) is 44.4 Å². The molecule has 0 fully saturated rings. The Morgan fingerprint density at radius 1 is 1.10 bits per heavy atom. The maximum absolute atomic E-state index is 12.4. The first-order valence-electron chi connectivity index (χ1n) is 9.79. The third-order valence-electron chi connectivity index (χ3n) is 4.57. The monoisotopic (exact) mass is 408 g/mol. The zero-order valence-electron chi connectivity index (χ0n) is 17.3. The van der Waals surface area contributed by atoms with Gasteiger partial charge in [0.1, 0.15) is 5.60 Å². The topological polar surface area (TPSA) is 97.5 Å². The van der Waals surface area contributed by atoms with E-state index in [9.17, 15) is 14.7 Å². The highest BCUT2D eigenvalue weighted by Crippen LogP contribution is 2.21. The van der Waals surface area contributed by atoms with Crippen LogP contribution in [0.3, 0.4) is 0 Å². The molecule has 0 spiro atoms. The summed E-state index contributed by atoms with van der Waals surface area (Å²) in [6, 6.07) is 15.9. The van der Waals surface area contributed by atoms with E-state index in [-0.39, 0.29) is 13.0 Å². The van der Waals surface area contributed by atoms with Gasteiger partial charge in [0.15, 0.2) is 0 Å². The van der Waals surface area contributed by atoms with Gasteiger partial charge in [0.05, 0.1) is 12.0 Å². The molecule has 0 aliphatic heterocycles. The molecule has 0 aliphatic carbocycles. The van der Waals surface area contributed by atoms with E-state index in [1.807, 2.05) is 54.6 Å². The van der Waals surface area contributed by atoms with Gasteiger partial charge in [-0.2, -0.15) is 0 Å². The van der Waals surface area contributed by atoms with E-state index in [1.165, 1.54) is 5.01 Å². The molecule has 2 N–H and O–H groups in total. The summed E-state index contributed by atoms with van der Waals surface area (Å²) in [7, 11) is 0. The summed E-state index contributed by atoms with van der Waals surface area (Å²) in [6.07, 6.45) is 1.22. The fourth-order valence-corrected chi connectivity index (χ4v) is 3.26. The van der Waals surface area contributed by atoms with Crippen LogP contribution in [0.25, 0.3) is 10.9 Å². The van der Waals surface area contributed by atoms with Crippen molar-refractivity contribution in [2.75, 3.05) is 0 Å². The van der Waals surface area contributed by atoms with E-state index >= 15 is 0 Å². The molecule has 1 aromatic heterocycles. The van der Waals surface area contributed by atoms with Gasteiger partial charge >= 0.3 is 6.09 Å². The largest absolute Gasteiger partial charge is 0.548 e. The van der Waals surface area contributed by atoms with E-state index in [2.05, 4.69) is 10.4 Å². The highest BCUT2D eigenvalue weighted by molar-refractivity contribution is 5.84. The number of aromatic nitrogens is 1. The lowest BCUT2D eigenvalue weighted by Crippen LogP contribution is -2.56. The molecule has 0 saturated carbocycles. The molecule has 1 amide bonds. The summed E-state index contributed by atoms with van der Waals surface area (Å²) in [5.41, 5.74) is 4.48. The number of carboxylic acid groups (broad SMARTS) is 1. The summed E-state index contributed by atoms with van der Waals surface area (Å²) in [4.78, 5) is 27.7. The fourth-order valence-electron chi connectivity index (χ4n) is 3.26. The number of carbonyl (C=O) groups excluding carboxylic acids is 2. The molecule has 30 heavy (non-hydrogen) atoms. The minimum Gasteiger partial charge on any atom is -0.548 e. The van der Waals surface area contributed by atoms with Crippen molar-refractivity contribution in [1.82, 2.24) is 15.4 Å². The number of nitrogens with one attached hydrogen (secondary N) is 2. The van der Waals surface area contributed by atoms with E-state index in [0.29, 0.717) is 0 Å². The smallest absolute Gasteiger partial charge is 0.422 e. The standard InChI is InChI=1S/C23H27N3O4/c1-23(2,3)30-22(29)25-26(15-16-9-5-4-6-10-16)20(21(27)28)13-17-14-24-19-12-8-7-11-18(17)19/h4-12,14,20,24H,13,15H2,1-3H3,(H,25,29)(H,27,28)/p-1/t20-/m1/s1. The average Bonchev–Trinajstić information content (AvgIpc) is 3.08. The number of ether oxygens (including phenoxy) is 1. The molecule has 0 unspecified atom stereocenters. The number of aromatic amines is 1. The number of carbonyl (C=O) groups is 2. The van der Waals surface area contributed by atoms with Crippen LogP contribution >= 0.6 is 0 Å². The third-order valence-corrected chi connectivity index (χ3v) is 4.57. The van der Waals surface area contributed by atoms with Crippen LogP contribution in [0.1, 0.15) is 31.9 Å². The summed E-state index contributed by atoms with van der Waals surface area (Å²) < 4.78 is 5.33. The quantitative estimate of drug-likeness (QED) is 0.586. The molecule has 3 rings (SSSR count). The molecule has 0 aliphatic rings. The fraction of sp³-hybridized carbons (Fsp3) is 0.304. The second-order valence-electron chi connectivity index (χ2n) is 8.13. The van der Waals surface area contributed by atoms with E-state index in [1.54, 1.807) is 27.0 Å². The second-order valence-corrected chi connectivity index (χ2v) is 8.13. The van der Waals surface area contributed by atoms with Crippen molar-refractivity contribution in [3.63, 3.8) is 0 Å². The SMILES string of the molecule is CC(C)(C)OC(=O)NN(Cc1ccccc1)[C@H](Cc1c[nH]c2ccccc12)C(=O)[O-]. The number of fused-ring (bicyclic) bond motifs is 1. The Labute approximate surface area is 175 Å². The summed E-state index contributed by atoms with van der Waals surface area (Å²) in [5.74, 6) is -1.28. The number of hydrazine groups is 1. The molecule has 158 valence electrons. The van der Waals surface area contributed by atoms with Crippen molar-refractivity contribution < 1.29 is 19.4 Å². The highest BCUT2D eigenvalue weighted by Gasteiger charge is 2.26. The predicted molar refractivity (Wildman–Crippen MR) is 112 cm³/mol. The van der Waals surface area contributed by atoms with Gasteiger partial charge < -0.3 is 19.6 Å². The van der Waals surface area contributed by atoms with Crippen LogP contribution in [0.2, 0.25) is 0 Å². The number of benzene rings is 2. The van der Waals surface area contributed by atoms with Gasteiger partial charge in [0, 0.05) is 23.6 Å². The molecule has 7 heteroatoms. The molecule has 0 saturated heterocycles. The Bertz CT molecular complexity index is 1010. The minimum atomic E-state index is -1.28. The van der Waals surface area contributed by atoms with Gasteiger partial charge in [0.2, 0.25) is 0 Å². The molecule has 1 heterocycles. The van der Waals surface area contributed by atoms with Crippen molar-refractivity contribution in [2.45, 2.75) is 45.4 Å². The summed E-state index contributed by atoms with van der Waals surface area (Å²) >= 11 is 0. The van der Waals surface area contributed by atoms with Crippen molar-refractivity contribution in [3.8, 4) is 0 Å². The van der Waals surface area contributed by atoms with Crippen LogP contribution in [0.15, 0.2) is 60.8 Å². The Morgan fingerprint density at radius 3 is 2.43 bits per heavy atom. The first-order valence-corrected chi connectivity index (χ1v) is 9.79. The maximum Gasteiger partial charge on any atom is 0.422 e. The maximum atomic E-state index is 12.4. The molecular weight excluding hydrogens is 382 g/mol. The van der Waals surface area contributed by atoms with E-state index in [0.717, 1.165) is 22.0 Å². The molecule has 3 aromatic rings. The third kappa shape index (κ3) is 5.61. The van der Waals surface area contributed by atoms with Crippen LogP contribution in [0, 0.1) is 0 Å². The number of aliphatic carboxylic acids is 1. The van der Waals surface area contributed by atoms with Crippen molar-refractivity contribution in [1.29, 1.82) is 0 Å². The van der Waals surface area contributed by atoms with Gasteiger partial charge in [0.25, 0.3) is 0 Å². The van der Waals surface area contributed by atoms with Crippen LogP contribution in [-0.2, 0) is 22.5 Å². The number of nitrogens with zero attached hydrogens (tertiary/aromatic N) is 1. The summed E-state index contributed by atoms with van der Waals surface area (Å²) in [5, 5.41) is 14.4. The molecule has 1 atom stereocenters. The van der Waals surface area contributed by atoms with Gasteiger partial charge in [-0.25, -0.2) is 9.80 Å². The van der Waals surface area contributed by atoms with Crippen LogP contribution in [-0.4, -0.2) is 33.7 Å². The normalized spacial score (nSPS) is 12.7. The van der Waals surface area contributed by atoms with E-state index in [4.69, 9.17) is 4.74 Å². The Morgan fingerprint density at radius 2 is 1.77 bits per heavy atom. The molecule has 0 radical (unpaired) electrons. The zero-order chi connectivity index (χ0) is 21.7. The lowest BCUT2D eigenvalue weighted by atomic mass is 10.0. The van der Waals surface area contributed by atoms with E-state index < -0.39 is 23.7 Å². The molecule has 7 nitrogen and oxygen atoms in total. The van der Waals surface area contributed by atoms with Crippen LogP contribution < -0.4 is 10.5 Å². The first-order chi connectivity index (χ1) is 14.2. The molecule has 0 bridgehead atoms. The number of carboxylic acids is 1. The number of para-hydroxylation sites is 1.